The van der Waals surface area contributed by atoms with Gasteiger partial charge >= 0.3 is 0 Å². The zero-order valence-electron chi connectivity index (χ0n) is 11.1. The molecular weight excluding hydrogens is 232 g/mol. The normalized spacial score (nSPS) is 31.6. The van der Waals surface area contributed by atoms with E-state index in [0.29, 0.717) is 12.0 Å². The average molecular weight is 254 g/mol. The standard InChI is InChI=1S/C13H22N2OS/c1-8-5-9(2)10(3)15(6-8)13-14-12(7-17-13)11(4)16/h7-11,16H,5-6H2,1-4H3. The third-order valence-corrected chi connectivity index (χ3v) is 4.68. The number of rotatable bonds is 2. The SMILES string of the molecule is CC1CC(C)C(C)N(c2nc(C(C)O)cs2)C1. The third-order valence-electron chi connectivity index (χ3n) is 3.78. The molecule has 0 saturated carbocycles. The van der Waals surface area contributed by atoms with E-state index >= 15 is 0 Å². The van der Waals surface area contributed by atoms with Crippen LogP contribution in [0.3, 0.4) is 0 Å². The first-order valence-electron chi connectivity index (χ1n) is 6.39. The zero-order valence-corrected chi connectivity index (χ0v) is 11.9. The molecule has 3 nitrogen and oxygen atoms in total. The van der Waals surface area contributed by atoms with Gasteiger partial charge in [-0.05, 0) is 32.1 Å². The van der Waals surface area contributed by atoms with Gasteiger partial charge in [0.05, 0.1) is 11.8 Å². The van der Waals surface area contributed by atoms with E-state index in [9.17, 15) is 5.11 Å². The van der Waals surface area contributed by atoms with E-state index in [1.54, 1.807) is 18.3 Å². The maximum atomic E-state index is 9.53. The molecule has 0 aliphatic carbocycles. The van der Waals surface area contributed by atoms with E-state index in [2.05, 4.69) is 30.7 Å². The second kappa shape index (κ2) is 4.94. The van der Waals surface area contributed by atoms with Crippen LogP contribution in [-0.2, 0) is 0 Å². The average Bonchev–Trinajstić information content (AvgIpc) is 2.72. The molecule has 0 spiro atoms. The molecule has 0 amide bonds. The van der Waals surface area contributed by atoms with E-state index < -0.39 is 6.10 Å². The van der Waals surface area contributed by atoms with Crippen molar-refractivity contribution in [2.45, 2.75) is 46.3 Å². The van der Waals surface area contributed by atoms with Crippen LogP contribution < -0.4 is 4.90 Å². The Hall–Kier alpha value is -0.610. The van der Waals surface area contributed by atoms with Gasteiger partial charge in [0.1, 0.15) is 0 Å². The maximum absolute atomic E-state index is 9.53. The maximum Gasteiger partial charge on any atom is 0.185 e. The highest BCUT2D eigenvalue weighted by Crippen LogP contribution is 2.33. The number of aromatic nitrogens is 1. The first-order valence-corrected chi connectivity index (χ1v) is 7.27. The molecule has 2 heterocycles. The summed E-state index contributed by atoms with van der Waals surface area (Å²) in [5.41, 5.74) is 0.795. The Morgan fingerprint density at radius 2 is 2.18 bits per heavy atom. The van der Waals surface area contributed by atoms with Crippen molar-refractivity contribution in [2.75, 3.05) is 11.4 Å². The molecule has 1 fully saturated rings. The van der Waals surface area contributed by atoms with Crippen molar-refractivity contribution in [3.63, 3.8) is 0 Å². The molecule has 1 N–H and O–H groups in total. The Labute approximate surface area is 107 Å². The van der Waals surface area contributed by atoms with Gasteiger partial charge in [-0.1, -0.05) is 13.8 Å². The highest BCUT2D eigenvalue weighted by molar-refractivity contribution is 7.13. The van der Waals surface area contributed by atoms with Crippen molar-refractivity contribution < 1.29 is 5.11 Å². The van der Waals surface area contributed by atoms with Gasteiger partial charge in [-0.3, -0.25) is 0 Å². The van der Waals surface area contributed by atoms with E-state index in [1.165, 1.54) is 6.42 Å². The highest BCUT2D eigenvalue weighted by atomic mass is 32.1. The molecule has 96 valence electrons. The lowest BCUT2D eigenvalue weighted by atomic mass is 9.86. The minimum Gasteiger partial charge on any atom is -0.387 e. The summed E-state index contributed by atoms with van der Waals surface area (Å²) in [5, 5.41) is 12.6. The number of hydrogen-bond acceptors (Lipinski definition) is 4. The minimum atomic E-state index is -0.463. The largest absolute Gasteiger partial charge is 0.387 e. The molecule has 0 radical (unpaired) electrons. The summed E-state index contributed by atoms with van der Waals surface area (Å²) in [5.74, 6) is 1.43. The van der Waals surface area contributed by atoms with Crippen molar-refractivity contribution in [3.05, 3.63) is 11.1 Å². The van der Waals surface area contributed by atoms with Crippen molar-refractivity contribution in [2.24, 2.45) is 11.8 Å². The Balaban J connectivity index is 2.19. The van der Waals surface area contributed by atoms with E-state index in [1.807, 2.05) is 5.38 Å². The lowest BCUT2D eigenvalue weighted by Crippen LogP contribution is -2.45. The summed E-state index contributed by atoms with van der Waals surface area (Å²) in [6.45, 7) is 9.75. The summed E-state index contributed by atoms with van der Waals surface area (Å²) in [7, 11) is 0. The van der Waals surface area contributed by atoms with Crippen LogP contribution in [-0.4, -0.2) is 22.7 Å². The lowest BCUT2D eigenvalue weighted by molar-refractivity contribution is 0.195. The number of anilines is 1. The van der Waals surface area contributed by atoms with Crippen LogP contribution in [0.2, 0.25) is 0 Å². The number of hydrogen-bond donors (Lipinski definition) is 1. The van der Waals surface area contributed by atoms with Crippen molar-refractivity contribution in [1.82, 2.24) is 4.98 Å². The zero-order chi connectivity index (χ0) is 12.6. The summed E-state index contributed by atoms with van der Waals surface area (Å²) in [4.78, 5) is 6.95. The number of nitrogens with zero attached hydrogens (tertiary/aromatic N) is 2. The number of aliphatic hydroxyl groups excluding tert-OH is 1. The fraction of sp³-hybridized carbons (Fsp3) is 0.769. The van der Waals surface area contributed by atoms with Gasteiger partial charge in [0.25, 0.3) is 0 Å². The summed E-state index contributed by atoms with van der Waals surface area (Å²) < 4.78 is 0. The molecular formula is C13H22N2OS. The van der Waals surface area contributed by atoms with Crippen LogP contribution in [0, 0.1) is 11.8 Å². The topological polar surface area (TPSA) is 36.4 Å². The van der Waals surface area contributed by atoms with Gasteiger partial charge in [-0.2, -0.15) is 0 Å². The Kier molecular flexibility index (Phi) is 3.73. The third kappa shape index (κ3) is 2.63. The van der Waals surface area contributed by atoms with E-state index in [-0.39, 0.29) is 0 Å². The Bertz CT molecular complexity index is 377. The fourth-order valence-corrected chi connectivity index (χ4v) is 3.58. The lowest BCUT2D eigenvalue weighted by Gasteiger charge is -2.41. The monoisotopic (exact) mass is 254 g/mol. The molecule has 4 unspecified atom stereocenters. The number of piperidine rings is 1. The van der Waals surface area contributed by atoms with Crippen LogP contribution >= 0.6 is 11.3 Å². The van der Waals surface area contributed by atoms with Gasteiger partial charge in [-0.15, -0.1) is 11.3 Å². The van der Waals surface area contributed by atoms with Crippen molar-refractivity contribution >= 4 is 16.5 Å². The molecule has 1 aliphatic heterocycles. The molecule has 4 heteroatoms. The van der Waals surface area contributed by atoms with Crippen LogP contribution in [0.4, 0.5) is 5.13 Å². The van der Waals surface area contributed by atoms with Crippen molar-refractivity contribution in [3.8, 4) is 0 Å². The summed E-state index contributed by atoms with van der Waals surface area (Å²) in [6, 6.07) is 0.541. The second-order valence-corrected chi connectivity index (χ2v) is 6.28. The molecule has 1 aromatic heterocycles. The summed E-state index contributed by atoms with van der Waals surface area (Å²) >= 11 is 1.65. The molecule has 4 atom stereocenters. The van der Waals surface area contributed by atoms with Crippen LogP contribution in [0.25, 0.3) is 0 Å². The van der Waals surface area contributed by atoms with E-state index in [0.717, 1.165) is 23.3 Å². The first kappa shape index (κ1) is 12.8. The van der Waals surface area contributed by atoms with Gasteiger partial charge in [0, 0.05) is 18.0 Å². The second-order valence-electron chi connectivity index (χ2n) is 5.44. The summed E-state index contributed by atoms with van der Waals surface area (Å²) in [6.07, 6.45) is 0.835. The fourth-order valence-electron chi connectivity index (χ4n) is 2.57. The van der Waals surface area contributed by atoms with Gasteiger partial charge in [-0.25, -0.2) is 4.98 Å². The molecule has 0 bridgehead atoms. The molecule has 1 aromatic rings. The molecule has 1 saturated heterocycles. The van der Waals surface area contributed by atoms with Crippen LogP contribution in [0.15, 0.2) is 5.38 Å². The molecule has 17 heavy (non-hydrogen) atoms. The highest BCUT2D eigenvalue weighted by Gasteiger charge is 2.30. The minimum absolute atomic E-state index is 0.463. The smallest absolute Gasteiger partial charge is 0.185 e. The predicted octanol–water partition coefficient (Wildman–Crippen LogP) is 3.07. The van der Waals surface area contributed by atoms with Gasteiger partial charge < -0.3 is 10.0 Å². The van der Waals surface area contributed by atoms with Crippen LogP contribution in [0.1, 0.15) is 45.9 Å². The first-order chi connectivity index (χ1) is 7.99. The Morgan fingerprint density at radius 1 is 1.47 bits per heavy atom. The van der Waals surface area contributed by atoms with Gasteiger partial charge in [0.15, 0.2) is 5.13 Å². The number of thiazole rings is 1. The predicted molar refractivity (Wildman–Crippen MR) is 72.5 cm³/mol. The number of aliphatic hydroxyl groups is 1. The van der Waals surface area contributed by atoms with Crippen molar-refractivity contribution in [1.29, 1.82) is 0 Å². The molecule has 0 aromatic carbocycles. The molecule has 2 rings (SSSR count). The molecule has 1 aliphatic rings. The van der Waals surface area contributed by atoms with E-state index in [4.69, 9.17) is 0 Å². The van der Waals surface area contributed by atoms with Crippen LogP contribution in [0.5, 0.6) is 0 Å². The Morgan fingerprint density at radius 3 is 2.76 bits per heavy atom. The van der Waals surface area contributed by atoms with Gasteiger partial charge in [0.2, 0.25) is 0 Å². The quantitative estimate of drug-likeness (QED) is 0.881.